The average molecular weight is 333 g/mol. The summed E-state index contributed by atoms with van der Waals surface area (Å²) >= 11 is 3.53. The summed E-state index contributed by atoms with van der Waals surface area (Å²) in [5.41, 5.74) is 3.36. The first kappa shape index (κ1) is 12.9. The van der Waals surface area contributed by atoms with Crippen LogP contribution in [0.15, 0.2) is 27.7 Å². The fourth-order valence-electron chi connectivity index (χ4n) is 2.20. The molecular weight excluding hydrogens is 320 g/mol. The Morgan fingerprint density at radius 2 is 2.20 bits per heavy atom. The Bertz CT molecular complexity index is 746. The van der Waals surface area contributed by atoms with Crippen molar-refractivity contribution < 1.29 is 5.11 Å². The van der Waals surface area contributed by atoms with Gasteiger partial charge in [0.1, 0.15) is 5.69 Å². The zero-order valence-corrected chi connectivity index (χ0v) is 12.6. The zero-order valence-electron chi connectivity index (χ0n) is 11.1. The number of benzene rings is 1. The molecule has 5 nitrogen and oxygen atoms in total. The van der Waals surface area contributed by atoms with Crippen LogP contribution in [0.2, 0.25) is 0 Å². The molecule has 1 aliphatic heterocycles. The van der Waals surface area contributed by atoms with E-state index in [0.717, 1.165) is 21.3 Å². The molecule has 102 valence electrons. The minimum absolute atomic E-state index is 0.121. The van der Waals surface area contributed by atoms with Crippen LogP contribution < -0.4 is 5.32 Å². The van der Waals surface area contributed by atoms with Gasteiger partial charge in [-0.2, -0.15) is 0 Å². The molecule has 2 N–H and O–H groups in total. The van der Waals surface area contributed by atoms with Crippen molar-refractivity contribution in [3.63, 3.8) is 0 Å². The molecule has 3 rings (SSSR count). The summed E-state index contributed by atoms with van der Waals surface area (Å²) in [6.45, 7) is 0. The van der Waals surface area contributed by atoms with Crippen LogP contribution in [0.5, 0.6) is 5.88 Å². The Labute approximate surface area is 124 Å². The SMILES string of the molecule is CNc1nc(/C=C2\C=Nc3cccc(Br)c32)c(O)n1C. The van der Waals surface area contributed by atoms with Crippen LogP contribution in [-0.2, 0) is 7.05 Å². The number of fused-ring (bicyclic) bond motifs is 1. The van der Waals surface area contributed by atoms with Crippen LogP contribution in [0.4, 0.5) is 11.6 Å². The van der Waals surface area contributed by atoms with Gasteiger partial charge in [-0.3, -0.25) is 9.56 Å². The standard InChI is InChI=1S/C14H13BrN4O/c1-16-14-18-11(13(20)19(14)2)6-8-7-17-10-5-3-4-9(15)12(8)10/h3-7,20H,1-2H3,(H,16,18)/b8-6+. The molecule has 0 saturated carbocycles. The highest BCUT2D eigenvalue weighted by Crippen LogP contribution is 2.38. The van der Waals surface area contributed by atoms with Gasteiger partial charge in [0.2, 0.25) is 11.8 Å². The third-order valence-electron chi connectivity index (χ3n) is 3.23. The minimum atomic E-state index is 0.121. The van der Waals surface area contributed by atoms with E-state index in [4.69, 9.17) is 0 Å². The number of rotatable bonds is 2. The quantitative estimate of drug-likeness (QED) is 0.887. The van der Waals surface area contributed by atoms with Gasteiger partial charge in [-0.25, -0.2) is 4.98 Å². The van der Waals surface area contributed by atoms with Gasteiger partial charge >= 0.3 is 0 Å². The lowest BCUT2D eigenvalue weighted by Gasteiger charge is -2.02. The molecule has 0 unspecified atom stereocenters. The monoisotopic (exact) mass is 332 g/mol. The highest BCUT2D eigenvalue weighted by molar-refractivity contribution is 9.10. The van der Waals surface area contributed by atoms with Crippen molar-refractivity contribution in [3.05, 3.63) is 33.9 Å². The number of hydrogen-bond donors (Lipinski definition) is 2. The Balaban J connectivity index is 2.11. The lowest BCUT2D eigenvalue weighted by atomic mass is 10.1. The van der Waals surface area contributed by atoms with Crippen LogP contribution in [0.1, 0.15) is 11.3 Å². The molecule has 0 spiro atoms. The fraction of sp³-hybridized carbons (Fsp3) is 0.143. The summed E-state index contributed by atoms with van der Waals surface area (Å²) in [4.78, 5) is 8.70. The second-order valence-corrected chi connectivity index (χ2v) is 5.30. The summed E-state index contributed by atoms with van der Waals surface area (Å²) in [6.07, 6.45) is 3.61. The highest BCUT2D eigenvalue weighted by Gasteiger charge is 2.18. The summed E-state index contributed by atoms with van der Waals surface area (Å²) < 4.78 is 2.57. The minimum Gasteiger partial charge on any atom is -0.493 e. The molecule has 0 radical (unpaired) electrons. The average Bonchev–Trinajstić information content (AvgIpc) is 2.97. The molecule has 1 aromatic heterocycles. The van der Waals surface area contributed by atoms with Gasteiger partial charge in [-0.05, 0) is 18.2 Å². The predicted octanol–water partition coefficient (Wildman–Crippen LogP) is 3.19. The zero-order chi connectivity index (χ0) is 14.3. The van der Waals surface area contributed by atoms with Gasteiger partial charge in [-0.1, -0.05) is 22.0 Å². The van der Waals surface area contributed by atoms with Gasteiger partial charge in [0.05, 0.1) is 5.69 Å². The number of aromatic hydroxyl groups is 1. The molecule has 0 bridgehead atoms. The van der Waals surface area contributed by atoms with E-state index in [1.54, 1.807) is 24.9 Å². The third kappa shape index (κ3) is 1.92. The first-order valence-corrected chi connectivity index (χ1v) is 6.89. The van der Waals surface area contributed by atoms with E-state index < -0.39 is 0 Å². The molecule has 0 fully saturated rings. The van der Waals surface area contributed by atoms with Gasteiger partial charge in [0, 0.05) is 35.9 Å². The van der Waals surface area contributed by atoms with E-state index in [0.29, 0.717) is 11.6 Å². The first-order chi connectivity index (χ1) is 9.61. The second kappa shape index (κ2) is 4.79. The maximum atomic E-state index is 10.1. The number of aliphatic imine (C=N–C) groups is 1. The lowest BCUT2D eigenvalue weighted by molar-refractivity contribution is 0.432. The lowest BCUT2D eigenvalue weighted by Crippen LogP contribution is -1.97. The van der Waals surface area contributed by atoms with Crippen molar-refractivity contribution in [2.75, 3.05) is 12.4 Å². The summed E-state index contributed by atoms with van der Waals surface area (Å²) in [7, 11) is 3.52. The number of hydrogen-bond acceptors (Lipinski definition) is 4. The number of nitrogens with zero attached hydrogens (tertiary/aromatic N) is 3. The Hall–Kier alpha value is -2.08. The predicted molar refractivity (Wildman–Crippen MR) is 84.6 cm³/mol. The molecule has 1 aromatic carbocycles. The maximum absolute atomic E-state index is 10.1. The van der Waals surface area contributed by atoms with E-state index in [1.165, 1.54) is 0 Å². The molecular formula is C14H13BrN4O. The maximum Gasteiger partial charge on any atom is 0.220 e. The fourth-order valence-corrected chi connectivity index (χ4v) is 2.78. The van der Waals surface area contributed by atoms with Crippen LogP contribution in [0.3, 0.4) is 0 Å². The Morgan fingerprint density at radius 1 is 1.40 bits per heavy atom. The van der Waals surface area contributed by atoms with E-state index in [1.807, 2.05) is 24.3 Å². The topological polar surface area (TPSA) is 62.4 Å². The third-order valence-corrected chi connectivity index (χ3v) is 3.89. The van der Waals surface area contributed by atoms with Gasteiger partial charge in [0.15, 0.2) is 0 Å². The van der Waals surface area contributed by atoms with Crippen LogP contribution in [-0.4, -0.2) is 27.9 Å². The summed E-state index contributed by atoms with van der Waals surface area (Å²) in [5.74, 6) is 0.729. The Morgan fingerprint density at radius 3 is 2.90 bits per heavy atom. The van der Waals surface area contributed by atoms with Gasteiger partial charge in [-0.15, -0.1) is 0 Å². The van der Waals surface area contributed by atoms with Crippen molar-refractivity contribution in [3.8, 4) is 5.88 Å². The molecule has 2 heterocycles. The van der Waals surface area contributed by atoms with Crippen LogP contribution in [0.25, 0.3) is 11.6 Å². The molecule has 0 saturated heterocycles. The van der Waals surface area contributed by atoms with Crippen molar-refractivity contribution in [1.29, 1.82) is 0 Å². The molecule has 1 aliphatic rings. The van der Waals surface area contributed by atoms with E-state index in [-0.39, 0.29) is 5.88 Å². The van der Waals surface area contributed by atoms with E-state index in [2.05, 4.69) is 31.2 Å². The largest absolute Gasteiger partial charge is 0.493 e. The number of allylic oxidation sites excluding steroid dienone is 1. The number of nitrogens with one attached hydrogen (secondary N) is 1. The number of aromatic nitrogens is 2. The van der Waals surface area contributed by atoms with Crippen molar-refractivity contribution in [2.45, 2.75) is 0 Å². The van der Waals surface area contributed by atoms with Crippen molar-refractivity contribution in [2.24, 2.45) is 12.0 Å². The Kier molecular flexibility index (Phi) is 3.10. The van der Waals surface area contributed by atoms with E-state index in [9.17, 15) is 5.11 Å². The molecule has 0 amide bonds. The molecule has 2 aromatic rings. The number of halogens is 1. The summed E-state index contributed by atoms with van der Waals surface area (Å²) in [6, 6.07) is 5.87. The highest BCUT2D eigenvalue weighted by atomic mass is 79.9. The van der Waals surface area contributed by atoms with Crippen molar-refractivity contribution in [1.82, 2.24) is 9.55 Å². The van der Waals surface area contributed by atoms with E-state index >= 15 is 0 Å². The molecule has 0 atom stereocenters. The van der Waals surface area contributed by atoms with Crippen molar-refractivity contribution >= 4 is 45.4 Å². The molecule has 6 heteroatoms. The number of imidazole rings is 1. The van der Waals surface area contributed by atoms with Gasteiger partial charge in [0.25, 0.3) is 0 Å². The first-order valence-electron chi connectivity index (χ1n) is 6.10. The van der Waals surface area contributed by atoms with Crippen LogP contribution in [0, 0.1) is 0 Å². The smallest absolute Gasteiger partial charge is 0.220 e. The summed E-state index contributed by atoms with van der Waals surface area (Å²) in [5, 5.41) is 13.0. The second-order valence-electron chi connectivity index (χ2n) is 4.45. The normalized spacial score (nSPS) is 14.8. The molecule has 20 heavy (non-hydrogen) atoms. The van der Waals surface area contributed by atoms with Gasteiger partial charge < -0.3 is 10.4 Å². The van der Waals surface area contributed by atoms with Crippen LogP contribution >= 0.6 is 15.9 Å². The molecule has 0 aliphatic carbocycles. The number of anilines is 1.